The molecule has 0 aliphatic rings. The minimum absolute atomic E-state index is 0.180. The number of fused-ring (bicyclic) bond motifs is 1. The molecule has 8 heteroatoms. The molecule has 1 aromatic carbocycles. The van der Waals surface area contributed by atoms with Gasteiger partial charge in [0.05, 0.1) is 10.7 Å². The summed E-state index contributed by atoms with van der Waals surface area (Å²) in [6.07, 6.45) is 0. The molecule has 0 aliphatic heterocycles. The molecule has 0 saturated carbocycles. The fourth-order valence-electron chi connectivity index (χ4n) is 2.91. The molecule has 152 valence electrons. The fraction of sp³-hybridized carbons (Fsp3) is 0.333. The molecule has 0 bridgehead atoms. The van der Waals surface area contributed by atoms with E-state index in [-0.39, 0.29) is 22.8 Å². The number of thiazole rings is 1. The van der Waals surface area contributed by atoms with Gasteiger partial charge in [0.15, 0.2) is 11.4 Å². The topological polar surface area (TPSA) is 112 Å². The van der Waals surface area contributed by atoms with Gasteiger partial charge in [-0.3, -0.25) is 9.59 Å². The van der Waals surface area contributed by atoms with Crippen LogP contribution in [0, 0.1) is 0 Å². The van der Waals surface area contributed by atoms with E-state index in [9.17, 15) is 14.7 Å². The van der Waals surface area contributed by atoms with Gasteiger partial charge in [-0.05, 0) is 5.56 Å². The quantitative estimate of drug-likeness (QED) is 0.588. The van der Waals surface area contributed by atoms with E-state index in [0.717, 1.165) is 10.6 Å². The molecule has 1 unspecified atom stereocenters. The van der Waals surface area contributed by atoms with E-state index in [1.165, 1.54) is 11.3 Å². The SMILES string of the molecule is CC(c1ccccc1)c1nc(C(=O)NCC(=O)O)c(O)c2sc(C(C)(C)C)nc12. The van der Waals surface area contributed by atoms with Crippen molar-refractivity contribution in [2.45, 2.75) is 39.0 Å². The zero-order chi connectivity index (χ0) is 21.3. The molecule has 2 aromatic heterocycles. The minimum atomic E-state index is -1.18. The Morgan fingerprint density at radius 1 is 1.17 bits per heavy atom. The van der Waals surface area contributed by atoms with Crippen molar-refractivity contribution < 1.29 is 19.8 Å². The zero-order valence-electron chi connectivity index (χ0n) is 16.7. The van der Waals surface area contributed by atoms with Gasteiger partial charge in [0.2, 0.25) is 0 Å². The Labute approximate surface area is 172 Å². The Morgan fingerprint density at radius 2 is 1.83 bits per heavy atom. The van der Waals surface area contributed by atoms with E-state index in [1.54, 1.807) is 0 Å². The van der Waals surface area contributed by atoms with E-state index in [4.69, 9.17) is 10.1 Å². The monoisotopic (exact) mass is 413 g/mol. The number of amides is 1. The summed E-state index contributed by atoms with van der Waals surface area (Å²) < 4.78 is 0.475. The van der Waals surface area contributed by atoms with Crippen LogP contribution >= 0.6 is 11.3 Å². The maximum atomic E-state index is 12.5. The number of aliphatic carboxylic acids is 1. The molecular weight excluding hydrogens is 390 g/mol. The van der Waals surface area contributed by atoms with Crippen LogP contribution in [0.25, 0.3) is 10.2 Å². The maximum Gasteiger partial charge on any atom is 0.322 e. The van der Waals surface area contributed by atoms with E-state index < -0.39 is 18.4 Å². The second-order valence-electron chi connectivity index (χ2n) is 7.85. The number of nitrogens with zero attached hydrogens (tertiary/aromatic N) is 2. The predicted octanol–water partition coefficient (Wildman–Crippen LogP) is 3.66. The third kappa shape index (κ3) is 4.22. The van der Waals surface area contributed by atoms with Crippen LogP contribution in [0.15, 0.2) is 30.3 Å². The zero-order valence-corrected chi connectivity index (χ0v) is 17.5. The van der Waals surface area contributed by atoms with Gasteiger partial charge in [-0.2, -0.15) is 0 Å². The number of hydrogen-bond acceptors (Lipinski definition) is 6. The van der Waals surface area contributed by atoms with Crippen LogP contribution in [0.1, 0.15) is 60.4 Å². The molecule has 3 N–H and O–H groups in total. The molecule has 2 heterocycles. The number of aromatic nitrogens is 2. The largest absolute Gasteiger partial charge is 0.504 e. The highest BCUT2D eigenvalue weighted by atomic mass is 32.1. The highest BCUT2D eigenvalue weighted by molar-refractivity contribution is 7.19. The highest BCUT2D eigenvalue weighted by Gasteiger charge is 2.28. The van der Waals surface area contributed by atoms with Crippen LogP contribution < -0.4 is 5.32 Å². The molecular formula is C21H23N3O4S. The smallest absolute Gasteiger partial charge is 0.322 e. The number of nitrogens with one attached hydrogen (secondary N) is 1. The van der Waals surface area contributed by atoms with Crippen molar-refractivity contribution >= 4 is 33.4 Å². The van der Waals surface area contributed by atoms with E-state index in [0.29, 0.717) is 15.9 Å². The van der Waals surface area contributed by atoms with Crippen LogP contribution in [0.4, 0.5) is 0 Å². The number of hydrogen-bond donors (Lipinski definition) is 3. The van der Waals surface area contributed by atoms with Crippen molar-refractivity contribution in [3.8, 4) is 5.75 Å². The third-order valence-electron chi connectivity index (χ3n) is 4.51. The van der Waals surface area contributed by atoms with Crippen molar-refractivity contribution in [2.75, 3.05) is 6.54 Å². The first-order valence-electron chi connectivity index (χ1n) is 9.18. The molecule has 1 atom stereocenters. The first-order valence-corrected chi connectivity index (χ1v) is 10.00. The van der Waals surface area contributed by atoms with E-state index in [1.807, 2.05) is 58.0 Å². The van der Waals surface area contributed by atoms with Gasteiger partial charge in [-0.1, -0.05) is 58.0 Å². The summed E-state index contributed by atoms with van der Waals surface area (Å²) in [5.74, 6) is -2.37. The molecule has 7 nitrogen and oxygen atoms in total. The molecule has 0 fully saturated rings. The lowest BCUT2D eigenvalue weighted by molar-refractivity contribution is -0.135. The van der Waals surface area contributed by atoms with Crippen LogP contribution in [0.2, 0.25) is 0 Å². The summed E-state index contributed by atoms with van der Waals surface area (Å²) in [6, 6.07) is 9.69. The average Bonchev–Trinajstić information content (AvgIpc) is 3.13. The lowest BCUT2D eigenvalue weighted by Gasteiger charge is -2.15. The minimum Gasteiger partial charge on any atom is -0.504 e. The standard InChI is InChI=1S/C21H23N3O4S/c1-11(12-8-6-5-7-9-12)14-15-18(29-20(24-15)21(2,3)4)17(27)16(23-14)19(28)22-10-13(25)26/h5-9,11,27H,10H2,1-4H3,(H,22,28)(H,25,26). The summed E-state index contributed by atoms with van der Waals surface area (Å²) in [6.45, 7) is 7.47. The Morgan fingerprint density at radius 3 is 2.41 bits per heavy atom. The number of carbonyl (C=O) groups excluding carboxylic acids is 1. The van der Waals surface area contributed by atoms with E-state index >= 15 is 0 Å². The van der Waals surface area contributed by atoms with Crippen LogP contribution in [-0.2, 0) is 10.2 Å². The molecule has 0 saturated heterocycles. The summed E-state index contributed by atoms with van der Waals surface area (Å²) in [7, 11) is 0. The van der Waals surface area contributed by atoms with Gasteiger partial charge in [0, 0.05) is 11.3 Å². The van der Waals surface area contributed by atoms with Crippen molar-refractivity contribution in [1.82, 2.24) is 15.3 Å². The van der Waals surface area contributed by atoms with Crippen molar-refractivity contribution in [3.05, 3.63) is 52.3 Å². The molecule has 0 spiro atoms. The summed E-state index contributed by atoms with van der Waals surface area (Å²) in [5.41, 5.74) is 1.68. The van der Waals surface area contributed by atoms with Crippen molar-refractivity contribution in [2.24, 2.45) is 0 Å². The molecule has 0 aliphatic carbocycles. The molecule has 3 aromatic rings. The molecule has 3 rings (SSSR count). The Balaban J connectivity index is 2.21. The number of rotatable bonds is 5. The number of carboxylic acid groups (broad SMARTS) is 1. The molecule has 29 heavy (non-hydrogen) atoms. The van der Waals surface area contributed by atoms with Gasteiger partial charge in [0.1, 0.15) is 16.8 Å². The summed E-state index contributed by atoms with van der Waals surface area (Å²) in [4.78, 5) is 32.5. The van der Waals surface area contributed by atoms with Gasteiger partial charge in [-0.25, -0.2) is 9.97 Å². The highest BCUT2D eigenvalue weighted by Crippen LogP contribution is 2.41. The number of aromatic hydroxyl groups is 1. The Hall–Kier alpha value is -3.00. The first-order chi connectivity index (χ1) is 13.6. The normalized spacial score (nSPS) is 12.7. The van der Waals surface area contributed by atoms with Crippen molar-refractivity contribution in [3.63, 3.8) is 0 Å². The number of carbonyl (C=O) groups is 2. The summed E-state index contributed by atoms with van der Waals surface area (Å²) in [5, 5.41) is 22.7. The van der Waals surface area contributed by atoms with Crippen LogP contribution in [0.5, 0.6) is 5.75 Å². The third-order valence-corrected chi connectivity index (χ3v) is 6.00. The molecule has 1 amide bonds. The molecule has 0 radical (unpaired) electrons. The van der Waals surface area contributed by atoms with E-state index in [2.05, 4.69) is 10.3 Å². The number of carboxylic acids is 1. The predicted molar refractivity (Wildman–Crippen MR) is 112 cm³/mol. The van der Waals surface area contributed by atoms with Crippen LogP contribution in [0.3, 0.4) is 0 Å². The number of benzene rings is 1. The number of pyridine rings is 1. The lowest BCUT2D eigenvalue weighted by atomic mass is 9.95. The first kappa shape index (κ1) is 20.7. The maximum absolute atomic E-state index is 12.5. The second-order valence-corrected chi connectivity index (χ2v) is 8.85. The summed E-state index contributed by atoms with van der Waals surface area (Å²) >= 11 is 1.32. The van der Waals surface area contributed by atoms with Crippen LogP contribution in [-0.4, -0.2) is 38.6 Å². The Kier molecular flexibility index (Phi) is 5.57. The second kappa shape index (κ2) is 7.79. The van der Waals surface area contributed by atoms with Gasteiger partial charge in [-0.15, -0.1) is 11.3 Å². The van der Waals surface area contributed by atoms with Gasteiger partial charge < -0.3 is 15.5 Å². The van der Waals surface area contributed by atoms with Gasteiger partial charge >= 0.3 is 5.97 Å². The average molecular weight is 413 g/mol. The van der Waals surface area contributed by atoms with Crippen molar-refractivity contribution in [1.29, 1.82) is 0 Å². The Bertz CT molecular complexity index is 1070. The van der Waals surface area contributed by atoms with Gasteiger partial charge in [0.25, 0.3) is 5.91 Å². The lowest BCUT2D eigenvalue weighted by Crippen LogP contribution is -2.30. The fourth-order valence-corrected chi connectivity index (χ4v) is 3.99.